The van der Waals surface area contributed by atoms with Gasteiger partial charge in [-0.15, -0.1) is 0 Å². The molecule has 0 heterocycles. The van der Waals surface area contributed by atoms with Gasteiger partial charge >= 0.3 is 11.9 Å². The van der Waals surface area contributed by atoms with Crippen molar-refractivity contribution in [3.8, 4) is 11.5 Å². The van der Waals surface area contributed by atoms with Crippen molar-refractivity contribution in [2.45, 2.75) is 20.3 Å². The predicted molar refractivity (Wildman–Crippen MR) is 127 cm³/mol. The summed E-state index contributed by atoms with van der Waals surface area (Å²) in [6.07, 6.45) is 6.09. The fourth-order valence-electron chi connectivity index (χ4n) is 3.09. The van der Waals surface area contributed by atoms with Crippen LogP contribution in [0.4, 0.5) is 0 Å². The Hall–Kier alpha value is -3.38. The highest BCUT2D eigenvalue weighted by molar-refractivity contribution is 5.99. The van der Waals surface area contributed by atoms with E-state index in [1.54, 1.807) is 38.2 Å². The number of hydrogen-bond acceptors (Lipinski definition) is 6. The zero-order chi connectivity index (χ0) is 23.7. The van der Waals surface area contributed by atoms with Crippen LogP contribution in [0.25, 0.3) is 12.2 Å². The highest BCUT2D eigenvalue weighted by atomic mass is 16.5. The molecule has 0 spiro atoms. The first-order valence-electron chi connectivity index (χ1n) is 10.3. The number of ether oxygens (including phenoxy) is 3. The molecule has 0 amide bonds. The van der Waals surface area contributed by atoms with Crippen LogP contribution in [0.1, 0.15) is 40.9 Å². The molecule has 0 saturated heterocycles. The molecule has 0 aliphatic rings. The molecule has 0 saturated carbocycles. The van der Waals surface area contributed by atoms with Crippen LogP contribution < -0.4 is 9.47 Å². The summed E-state index contributed by atoms with van der Waals surface area (Å²) in [6, 6.07) is 11.5. The largest absolute Gasteiger partial charge is 0.496 e. The lowest BCUT2D eigenvalue weighted by molar-refractivity contribution is -0.135. The summed E-state index contributed by atoms with van der Waals surface area (Å²) in [7, 11) is 6.39. The van der Waals surface area contributed by atoms with Crippen LogP contribution >= 0.6 is 0 Å². The monoisotopic (exact) mass is 437 g/mol. The Kier molecular flexibility index (Phi) is 9.22. The van der Waals surface area contributed by atoms with Crippen LogP contribution in [0.15, 0.2) is 48.0 Å². The van der Waals surface area contributed by atoms with E-state index in [4.69, 9.17) is 14.2 Å². The van der Waals surface area contributed by atoms with Crippen molar-refractivity contribution < 1.29 is 23.8 Å². The number of methoxy groups -OCH3 is 2. The molecule has 0 unspecified atom stereocenters. The van der Waals surface area contributed by atoms with E-state index in [-0.39, 0.29) is 17.9 Å². The second kappa shape index (κ2) is 11.9. The lowest BCUT2D eigenvalue weighted by Crippen LogP contribution is -2.26. The quantitative estimate of drug-likeness (QED) is 0.247. The van der Waals surface area contributed by atoms with Gasteiger partial charge in [0, 0.05) is 5.56 Å². The van der Waals surface area contributed by atoms with Crippen molar-refractivity contribution in [1.82, 2.24) is 4.90 Å². The molecule has 0 aromatic heterocycles. The molecular formula is C26H31NO5. The number of allylic oxidation sites excluding steroid dienone is 2. The van der Waals surface area contributed by atoms with Crippen LogP contribution in [-0.2, 0) is 16.0 Å². The van der Waals surface area contributed by atoms with Gasteiger partial charge in [0.25, 0.3) is 0 Å². The first-order valence-corrected chi connectivity index (χ1v) is 10.3. The Balaban J connectivity index is 2.73. The lowest BCUT2D eigenvalue weighted by Gasteiger charge is -2.19. The zero-order valence-electron chi connectivity index (χ0n) is 19.6. The molecule has 2 aromatic rings. The molecule has 2 rings (SSSR count). The van der Waals surface area contributed by atoms with E-state index in [1.165, 1.54) is 7.11 Å². The maximum atomic E-state index is 12.8. The van der Waals surface area contributed by atoms with Crippen molar-refractivity contribution in [3.63, 3.8) is 0 Å². The van der Waals surface area contributed by atoms with Crippen molar-refractivity contribution in [1.29, 1.82) is 0 Å². The average molecular weight is 438 g/mol. The minimum absolute atomic E-state index is 0.0646. The number of nitrogens with zero attached hydrogens (tertiary/aromatic N) is 1. The first-order chi connectivity index (χ1) is 15.3. The third-order valence-electron chi connectivity index (χ3n) is 4.61. The smallest absolute Gasteiger partial charge is 0.342 e. The van der Waals surface area contributed by atoms with Crippen molar-refractivity contribution in [2.24, 2.45) is 0 Å². The Morgan fingerprint density at radius 3 is 2.28 bits per heavy atom. The van der Waals surface area contributed by atoms with Crippen molar-refractivity contribution in [2.75, 3.05) is 34.9 Å². The molecule has 0 aliphatic heterocycles. The molecule has 6 heteroatoms. The summed E-state index contributed by atoms with van der Waals surface area (Å²) < 4.78 is 16.4. The molecule has 0 radical (unpaired) electrons. The van der Waals surface area contributed by atoms with Gasteiger partial charge in [0.1, 0.15) is 11.3 Å². The Bertz CT molecular complexity index is 1000. The van der Waals surface area contributed by atoms with E-state index in [9.17, 15) is 9.59 Å². The van der Waals surface area contributed by atoms with Gasteiger partial charge in [0.2, 0.25) is 0 Å². The number of carbonyl (C=O) groups is 2. The molecule has 2 aromatic carbocycles. The van der Waals surface area contributed by atoms with Gasteiger partial charge in [-0.05, 0) is 51.6 Å². The first kappa shape index (κ1) is 24.9. The summed E-state index contributed by atoms with van der Waals surface area (Å²) in [5.41, 5.74) is 3.38. The minimum atomic E-state index is -0.591. The van der Waals surface area contributed by atoms with E-state index >= 15 is 0 Å². The molecule has 6 nitrogen and oxygen atoms in total. The van der Waals surface area contributed by atoms with Gasteiger partial charge in [-0.3, -0.25) is 9.69 Å². The van der Waals surface area contributed by atoms with Crippen LogP contribution in [0.3, 0.4) is 0 Å². The van der Waals surface area contributed by atoms with Crippen molar-refractivity contribution in [3.05, 3.63) is 70.3 Å². The third-order valence-corrected chi connectivity index (χ3v) is 4.61. The number of likely N-dealkylation sites (N-methyl/N-ethyl adjacent to an activating group) is 1. The maximum absolute atomic E-state index is 12.8. The molecule has 0 fully saturated rings. The summed E-state index contributed by atoms with van der Waals surface area (Å²) in [5.74, 6) is -0.389. The molecule has 32 heavy (non-hydrogen) atoms. The summed E-state index contributed by atoms with van der Waals surface area (Å²) >= 11 is 0. The summed E-state index contributed by atoms with van der Waals surface area (Å²) in [5, 5.41) is 0. The number of carbonyl (C=O) groups excluding carboxylic acids is 2. The fourth-order valence-corrected chi connectivity index (χ4v) is 3.09. The van der Waals surface area contributed by atoms with Crippen molar-refractivity contribution >= 4 is 24.1 Å². The van der Waals surface area contributed by atoms with E-state index in [1.807, 2.05) is 56.3 Å². The molecule has 0 bridgehead atoms. The molecule has 0 aliphatic carbocycles. The number of esters is 2. The summed E-state index contributed by atoms with van der Waals surface area (Å²) in [6.45, 7) is 4.01. The van der Waals surface area contributed by atoms with E-state index in [0.717, 1.165) is 11.1 Å². The third kappa shape index (κ3) is 6.82. The van der Waals surface area contributed by atoms with E-state index in [2.05, 4.69) is 0 Å². The number of rotatable bonds is 9. The minimum Gasteiger partial charge on any atom is -0.496 e. The Morgan fingerprint density at radius 1 is 1.03 bits per heavy atom. The van der Waals surface area contributed by atoms with E-state index in [0.29, 0.717) is 23.3 Å². The van der Waals surface area contributed by atoms with Crippen LogP contribution in [0.5, 0.6) is 11.5 Å². The molecule has 170 valence electrons. The molecule has 0 N–H and O–H groups in total. The van der Waals surface area contributed by atoms with Gasteiger partial charge in [-0.2, -0.15) is 0 Å². The molecule has 0 atom stereocenters. The topological polar surface area (TPSA) is 65.1 Å². The van der Waals surface area contributed by atoms with Gasteiger partial charge in [-0.1, -0.05) is 54.1 Å². The normalized spacial score (nSPS) is 10.8. The van der Waals surface area contributed by atoms with E-state index < -0.39 is 11.9 Å². The second-order valence-corrected chi connectivity index (χ2v) is 7.78. The van der Waals surface area contributed by atoms with Gasteiger partial charge < -0.3 is 14.2 Å². The van der Waals surface area contributed by atoms with Crippen LogP contribution in [0.2, 0.25) is 0 Å². The van der Waals surface area contributed by atoms with Gasteiger partial charge in [0.05, 0.1) is 20.8 Å². The standard InChI is InChI=1S/C26H31NO5/c1-18(2)12-15-21-22(30-5)16-20(14-13-19-10-8-7-9-11-19)24(26(29)31-6)25(21)32-23(28)17-27(3)4/h7-14,16H,15,17H2,1-6H3. The van der Waals surface area contributed by atoms with Crippen LogP contribution in [0, 0.1) is 0 Å². The summed E-state index contributed by atoms with van der Waals surface area (Å²) in [4.78, 5) is 27.1. The maximum Gasteiger partial charge on any atom is 0.342 e. The Labute approximate surface area is 190 Å². The SMILES string of the molecule is COC(=O)c1c(C=Cc2ccccc2)cc(OC)c(CC=C(C)C)c1OC(=O)CN(C)C. The molecular weight excluding hydrogens is 406 g/mol. The predicted octanol–water partition coefficient (Wildman–Crippen LogP) is 4.63. The number of benzene rings is 2. The average Bonchev–Trinajstić information content (AvgIpc) is 2.75. The highest BCUT2D eigenvalue weighted by Gasteiger charge is 2.26. The number of hydrogen-bond donors (Lipinski definition) is 0. The second-order valence-electron chi connectivity index (χ2n) is 7.78. The highest BCUT2D eigenvalue weighted by Crippen LogP contribution is 2.38. The Morgan fingerprint density at radius 2 is 1.72 bits per heavy atom. The van der Waals surface area contributed by atoms with Gasteiger partial charge in [-0.25, -0.2) is 4.79 Å². The van der Waals surface area contributed by atoms with Gasteiger partial charge in [0.15, 0.2) is 5.75 Å². The van der Waals surface area contributed by atoms with Crippen LogP contribution in [-0.4, -0.2) is 51.7 Å². The zero-order valence-corrected chi connectivity index (χ0v) is 19.6. The lowest BCUT2D eigenvalue weighted by atomic mass is 9.97. The fraction of sp³-hybridized carbons (Fsp3) is 0.308.